The van der Waals surface area contributed by atoms with Gasteiger partial charge in [-0.05, 0) is 88.3 Å². The van der Waals surface area contributed by atoms with Gasteiger partial charge in [0.05, 0.1) is 22.1 Å². The molecule has 0 spiro atoms. The second-order valence-electron chi connectivity index (χ2n) is 14.3. The zero-order valence-electron chi connectivity index (χ0n) is 29.4. The van der Waals surface area contributed by atoms with Crippen molar-refractivity contribution in [3.05, 3.63) is 181 Å². The molecule has 0 amide bonds. The first-order valence-corrected chi connectivity index (χ1v) is 18.9. The Morgan fingerprint density at radius 3 is 1.96 bits per heavy atom. The van der Waals surface area contributed by atoms with Crippen LogP contribution < -0.4 is 0 Å². The van der Waals surface area contributed by atoms with Crippen molar-refractivity contribution in [1.82, 2.24) is 14.0 Å². The summed E-state index contributed by atoms with van der Waals surface area (Å²) in [5.41, 5.74) is 12.7. The summed E-state index contributed by atoms with van der Waals surface area (Å²) in [4.78, 5) is 5.41. The molecule has 4 heterocycles. The summed E-state index contributed by atoms with van der Waals surface area (Å²) in [6, 6.07) is 62.3. The van der Waals surface area contributed by atoms with E-state index in [2.05, 4.69) is 185 Å². The van der Waals surface area contributed by atoms with E-state index in [1.165, 1.54) is 21.8 Å². The fraction of sp³-hybridized carbons (Fsp3) is 0. The number of rotatable bonds is 4. The second kappa shape index (κ2) is 11.5. The molecule has 4 aromatic heterocycles. The molecule has 0 saturated heterocycles. The first-order valence-electron chi connectivity index (χ1n) is 18.5. The van der Waals surface area contributed by atoms with Crippen LogP contribution in [0.5, 0.6) is 0 Å². The van der Waals surface area contributed by atoms with Gasteiger partial charge in [0, 0.05) is 43.6 Å². The summed E-state index contributed by atoms with van der Waals surface area (Å²) in [6.07, 6.45) is 0. The van der Waals surface area contributed by atoms with E-state index in [4.69, 9.17) is 21.6 Å². The van der Waals surface area contributed by atoms with Crippen molar-refractivity contribution >= 4 is 83.2 Å². The van der Waals surface area contributed by atoms with Crippen LogP contribution >= 0.6 is 12.2 Å². The predicted molar refractivity (Wildman–Crippen MR) is 230 cm³/mol. The van der Waals surface area contributed by atoms with Crippen molar-refractivity contribution in [1.29, 1.82) is 0 Å². The minimum atomic E-state index is 0.751. The molecule has 0 aliphatic rings. The highest BCUT2D eigenvalue weighted by molar-refractivity contribution is 7.71. The largest absolute Gasteiger partial charge is 0.456 e. The van der Waals surface area contributed by atoms with E-state index in [-0.39, 0.29) is 0 Å². The number of imidazole rings is 1. The summed E-state index contributed by atoms with van der Waals surface area (Å²) in [5.74, 6) is 0.815. The fourth-order valence-corrected chi connectivity index (χ4v) is 9.17. The maximum Gasteiger partial charge on any atom is 0.147 e. The molecule has 0 fully saturated rings. The lowest BCUT2D eigenvalue weighted by atomic mass is 9.99. The molecule has 8 aromatic carbocycles. The lowest BCUT2D eigenvalue weighted by Gasteiger charge is -2.10. The molecule has 256 valence electrons. The number of nitrogens with zero attached hydrogens (tertiary/aromatic N) is 3. The van der Waals surface area contributed by atoms with Crippen molar-refractivity contribution in [2.24, 2.45) is 0 Å². The van der Waals surface area contributed by atoms with Crippen LogP contribution in [0.3, 0.4) is 0 Å². The van der Waals surface area contributed by atoms with Crippen LogP contribution in [0, 0.1) is 4.64 Å². The molecular formula is C50H29N3OS. The minimum Gasteiger partial charge on any atom is -0.456 e. The SMILES string of the molecule is S=c1c2ccccc2c2cc(-c3ccccc3)cc3nc(-c4cccc5oc6ccc(-c7ccc8c(c7)c7ccccc7n8-c7ccccc7)cc6c45)n1c32. The summed E-state index contributed by atoms with van der Waals surface area (Å²) >= 11 is 6.30. The molecule has 5 heteroatoms. The number of para-hydroxylation sites is 2. The minimum absolute atomic E-state index is 0.751. The van der Waals surface area contributed by atoms with Crippen molar-refractivity contribution < 1.29 is 4.42 Å². The van der Waals surface area contributed by atoms with Crippen molar-refractivity contribution in [3.8, 4) is 39.3 Å². The molecular weight excluding hydrogens is 691 g/mol. The average molecular weight is 720 g/mol. The number of hydrogen-bond acceptors (Lipinski definition) is 3. The van der Waals surface area contributed by atoms with Crippen LogP contribution in [0.2, 0.25) is 0 Å². The third-order valence-electron chi connectivity index (χ3n) is 11.3. The molecule has 0 saturated carbocycles. The number of hydrogen-bond donors (Lipinski definition) is 0. The number of benzene rings is 8. The maximum absolute atomic E-state index is 6.56. The van der Waals surface area contributed by atoms with E-state index in [1.807, 2.05) is 0 Å². The third kappa shape index (κ3) is 4.39. The Balaban J connectivity index is 1.10. The molecule has 0 N–H and O–H groups in total. The topological polar surface area (TPSA) is 35.4 Å². The molecule has 4 nitrogen and oxygen atoms in total. The van der Waals surface area contributed by atoms with Gasteiger partial charge in [0.25, 0.3) is 0 Å². The summed E-state index contributed by atoms with van der Waals surface area (Å²) < 4.78 is 11.8. The van der Waals surface area contributed by atoms with Gasteiger partial charge in [-0.15, -0.1) is 0 Å². The highest BCUT2D eigenvalue weighted by Crippen LogP contribution is 2.43. The number of aromatic nitrogens is 3. The fourth-order valence-electron chi connectivity index (χ4n) is 8.82. The van der Waals surface area contributed by atoms with E-state index < -0.39 is 0 Å². The quantitative estimate of drug-likeness (QED) is 0.134. The van der Waals surface area contributed by atoms with Crippen LogP contribution in [0.1, 0.15) is 0 Å². The Hall–Kier alpha value is -7.08. The van der Waals surface area contributed by atoms with Gasteiger partial charge in [-0.1, -0.05) is 127 Å². The number of furan rings is 1. The molecule has 12 aromatic rings. The Labute approximate surface area is 320 Å². The van der Waals surface area contributed by atoms with Gasteiger partial charge in [-0.2, -0.15) is 0 Å². The predicted octanol–water partition coefficient (Wildman–Crippen LogP) is 13.8. The molecule has 0 radical (unpaired) electrons. The lowest BCUT2D eigenvalue weighted by Crippen LogP contribution is -1.94. The van der Waals surface area contributed by atoms with Crippen LogP contribution in [-0.4, -0.2) is 14.0 Å². The molecule has 0 unspecified atom stereocenters. The van der Waals surface area contributed by atoms with E-state index >= 15 is 0 Å². The first-order chi connectivity index (χ1) is 27.2. The molecule has 12 rings (SSSR count). The van der Waals surface area contributed by atoms with E-state index in [0.29, 0.717) is 0 Å². The molecule has 0 aliphatic carbocycles. The monoisotopic (exact) mass is 719 g/mol. The lowest BCUT2D eigenvalue weighted by molar-refractivity contribution is 0.669. The molecule has 55 heavy (non-hydrogen) atoms. The van der Waals surface area contributed by atoms with E-state index in [0.717, 1.165) is 93.1 Å². The van der Waals surface area contributed by atoms with Crippen LogP contribution in [0.15, 0.2) is 180 Å². The van der Waals surface area contributed by atoms with Gasteiger partial charge in [0.1, 0.15) is 21.6 Å². The highest BCUT2D eigenvalue weighted by Gasteiger charge is 2.22. The van der Waals surface area contributed by atoms with Crippen molar-refractivity contribution in [2.75, 3.05) is 0 Å². The van der Waals surface area contributed by atoms with Gasteiger partial charge < -0.3 is 8.98 Å². The van der Waals surface area contributed by atoms with Gasteiger partial charge in [-0.25, -0.2) is 4.98 Å². The van der Waals surface area contributed by atoms with Crippen molar-refractivity contribution in [2.45, 2.75) is 0 Å². The van der Waals surface area contributed by atoms with Gasteiger partial charge in [0.15, 0.2) is 0 Å². The second-order valence-corrected chi connectivity index (χ2v) is 14.7. The molecule has 0 aliphatic heterocycles. The summed E-state index contributed by atoms with van der Waals surface area (Å²) in [6.45, 7) is 0. The normalized spacial score (nSPS) is 12.1. The smallest absolute Gasteiger partial charge is 0.147 e. The van der Waals surface area contributed by atoms with E-state index in [1.54, 1.807) is 0 Å². The number of pyridine rings is 1. The van der Waals surface area contributed by atoms with Crippen LogP contribution in [-0.2, 0) is 0 Å². The summed E-state index contributed by atoms with van der Waals surface area (Å²) in [5, 5.41) is 7.82. The zero-order valence-corrected chi connectivity index (χ0v) is 30.2. The standard InChI is InChI=1S/C50H29N3OS/c55-50-37-18-8-7-16-35(37)40-28-33(30-12-3-1-4-13-30)29-42-48(40)53(50)49(51-42)38-19-11-21-46-47(38)41-27-32(23-25-45(41)54-46)31-22-24-44-39(26-31)36-17-9-10-20-43(36)52(44)34-14-5-2-6-15-34/h1-29H. The van der Waals surface area contributed by atoms with Crippen LogP contribution in [0.4, 0.5) is 0 Å². The van der Waals surface area contributed by atoms with Crippen molar-refractivity contribution in [3.63, 3.8) is 0 Å². The zero-order chi connectivity index (χ0) is 36.2. The van der Waals surface area contributed by atoms with Crippen LogP contribution in [0.25, 0.3) is 110 Å². The third-order valence-corrected chi connectivity index (χ3v) is 11.7. The van der Waals surface area contributed by atoms with Gasteiger partial charge in [-0.3, -0.25) is 4.40 Å². The van der Waals surface area contributed by atoms with Gasteiger partial charge in [0.2, 0.25) is 0 Å². The Kier molecular flexibility index (Phi) is 6.33. The molecule has 0 bridgehead atoms. The maximum atomic E-state index is 6.56. The Morgan fingerprint density at radius 1 is 0.455 bits per heavy atom. The Bertz CT molecular complexity index is 3560. The Morgan fingerprint density at radius 2 is 1.13 bits per heavy atom. The van der Waals surface area contributed by atoms with Gasteiger partial charge >= 0.3 is 0 Å². The average Bonchev–Trinajstić information content (AvgIpc) is 3.93. The molecule has 0 atom stereocenters. The highest BCUT2D eigenvalue weighted by atomic mass is 32.1. The number of fused-ring (bicyclic) bond motifs is 8. The first kappa shape index (κ1) is 30.4. The summed E-state index contributed by atoms with van der Waals surface area (Å²) in [7, 11) is 0. The van der Waals surface area contributed by atoms with E-state index in [9.17, 15) is 0 Å².